The molecule has 0 atom stereocenters. The van der Waals surface area contributed by atoms with E-state index in [0.29, 0.717) is 16.0 Å². The zero-order valence-corrected chi connectivity index (χ0v) is 18.3. The van der Waals surface area contributed by atoms with Crippen molar-refractivity contribution in [2.45, 2.75) is 18.4 Å². The maximum Gasteiger partial charge on any atom is 0.326 e. The molecule has 0 aliphatic heterocycles. The van der Waals surface area contributed by atoms with E-state index in [0.717, 1.165) is 17.6 Å². The van der Waals surface area contributed by atoms with Crippen LogP contribution in [0.3, 0.4) is 0 Å². The first-order chi connectivity index (χ1) is 14.7. The number of esters is 1. The van der Waals surface area contributed by atoms with Crippen molar-refractivity contribution < 1.29 is 31.9 Å². The van der Waals surface area contributed by atoms with E-state index >= 15 is 0 Å². The fraction of sp³-hybridized carbons (Fsp3) is 0.250. The number of halogens is 1. The number of hydrogen-bond acceptors (Lipinski definition) is 7. The van der Waals surface area contributed by atoms with Gasteiger partial charge in [-0.3, -0.25) is 9.59 Å². The first-order valence-electron chi connectivity index (χ1n) is 9.12. The molecule has 0 aliphatic carbocycles. The molecule has 0 radical (unpaired) electrons. The number of carbonyl (C=O) groups excluding carboxylic acids is 2. The second-order valence-electron chi connectivity index (χ2n) is 6.43. The molecular formula is C20H19FN2O6S2. The Bertz CT molecular complexity index is 1290. The van der Waals surface area contributed by atoms with Crippen molar-refractivity contribution in [2.75, 3.05) is 19.5 Å². The SMILES string of the molecule is CCOC(=O)Cn1c(=NC(=O)COc2ccc(F)cc2)sc2cc(S(C)(=O)=O)ccc21. The van der Waals surface area contributed by atoms with Crippen LogP contribution in [-0.2, 0) is 30.7 Å². The van der Waals surface area contributed by atoms with Gasteiger partial charge >= 0.3 is 5.97 Å². The highest BCUT2D eigenvalue weighted by Gasteiger charge is 2.15. The number of rotatable bonds is 7. The standard InChI is InChI=1S/C20H19FN2O6S2/c1-3-28-19(25)11-23-16-9-8-15(31(2,26)27)10-17(16)30-20(23)22-18(24)12-29-14-6-4-13(21)5-7-14/h4-10H,3,11-12H2,1-2H3. The van der Waals surface area contributed by atoms with Crippen molar-refractivity contribution in [3.05, 3.63) is 53.1 Å². The maximum absolute atomic E-state index is 13.0. The Morgan fingerprint density at radius 1 is 1.16 bits per heavy atom. The number of thiazole rings is 1. The molecule has 1 aromatic heterocycles. The topological polar surface area (TPSA) is 104 Å². The molecule has 0 fully saturated rings. The molecule has 8 nitrogen and oxygen atoms in total. The summed E-state index contributed by atoms with van der Waals surface area (Å²) in [5, 5.41) is 0. The number of benzene rings is 2. The Hall–Kier alpha value is -3.05. The van der Waals surface area contributed by atoms with Gasteiger partial charge in [-0.25, -0.2) is 12.8 Å². The largest absolute Gasteiger partial charge is 0.484 e. The molecular weight excluding hydrogens is 447 g/mol. The van der Waals surface area contributed by atoms with Crippen LogP contribution in [-0.4, -0.2) is 44.3 Å². The lowest BCUT2D eigenvalue weighted by Crippen LogP contribution is -2.24. The predicted molar refractivity (Wildman–Crippen MR) is 112 cm³/mol. The zero-order valence-electron chi connectivity index (χ0n) is 16.7. The van der Waals surface area contributed by atoms with Gasteiger partial charge in [-0.2, -0.15) is 4.99 Å². The van der Waals surface area contributed by atoms with Crippen LogP contribution in [0.5, 0.6) is 5.75 Å². The number of aromatic nitrogens is 1. The van der Waals surface area contributed by atoms with E-state index in [9.17, 15) is 22.4 Å². The number of amides is 1. The van der Waals surface area contributed by atoms with Crippen LogP contribution >= 0.6 is 11.3 Å². The Morgan fingerprint density at radius 2 is 1.87 bits per heavy atom. The highest BCUT2D eigenvalue weighted by atomic mass is 32.2. The van der Waals surface area contributed by atoms with Crippen molar-refractivity contribution in [1.29, 1.82) is 0 Å². The fourth-order valence-electron chi connectivity index (χ4n) is 2.67. The lowest BCUT2D eigenvalue weighted by atomic mass is 10.3. The summed E-state index contributed by atoms with van der Waals surface area (Å²) in [5.41, 5.74) is 0.538. The van der Waals surface area contributed by atoms with Crippen molar-refractivity contribution >= 4 is 43.3 Å². The fourth-order valence-corrected chi connectivity index (χ4v) is 4.48. The van der Waals surface area contributed by atoms with Crippen LogP contribution in [0.4, 0.5) is 4.39 Å². The number of nitrogens with zero attached hydrogens (tertiary/aromatic N) is 2. The molecule has 0 saturated carbocycles. The summed E-state index contributed by atoms with van der Waals surface area (Å²) in [6.45, 7) is 1.27. The van der Waals surface area contributed by atoms with Gasteiger partial charge in [0.15, 0.2) is 21.2 Å². The van der Waals surface area contributed by atoms with Crippen molar-refractivity contribution in [1.82, 2.24) is 4.57 Å². The van der Waals surface area contributed by atoms with Crippen molar-refractivity contribution in [3.63, 3.8) is 0 Å². The molecule has 2 aromatic carbocycles. The van der Waals surface area contributed by atoms with E-state index in [4.69, 9.17) is 9.47 Å². The summed E-state index contributed by atoms with van der Waals surface area (Å²) in [7, 11) is -3.43. The smallest absolute Gasteiger partial charge is 0.326 e. The molecule has 3 aromatic rings. The molecule has 0 N–H and O–H groups in total. The molecule has 0 unspecified atom stereocenters. The van der Waals surface area contributed by atoms with Crippen LogP contribution < -0.4 is 9.54 Å². The first kappa shape index (κ1) is 22.6. The minimum Gasteiger partial charge on any atom is -0.484 e. The van der Waals surface area contributed by atoms with Gasteiger partial charge in [0.1, 0.15) is 18.1 Å². The number of hydrogen-bond donors (Lipinski definition) is 0. The Morgan fingerprint density at radius 3 is 2.52 bits per heavy atom. The summed E-state index contributed by atoms with van der Waals surface area (Å²) in [6, 6.07) is 9.63. The Labute approximate surface area is 181 Å². The van der Waals surface area contributed by atoms with Crippen LogP contribution in [0.15, 0.2) is 52.4 Å². The van der Waals surface area contributed by atoms with Crippen LogP contribution in [0, 0.1) is 5.82 Å². The van der Waals surface area contributed by atoms with Crippen LogP contribution in [0.2, 0.25) is 0 Å². The average Bonchev–Trinajstić information content (AvgIpc) is 3.03. The summed E-state index contributed by atoms with van der Waals surface area (Å²) < 4.78 is 49.0. The minimum atomic E-state index is -3.43. The van der Waals surface area contributed by atoms with E-state index in [2.05, 4.69) is 4.99 Å². The highest BCUT2D eigenvalue weighted by Crippen LogP contribution is 2.22. The molecule has 0 bridgehead atoms. The van der Waals surface area contributed by atoms with E-state index in [1.807, 2.05) is 0 Å². The quantitative estimate of drug-likeness (QED) is 0.495. The third kappa shape index (κ3) is 5.76. The number of carbonyl (C=O) groups is 2. The Kier molecular flexibility index (Phi) is 6.86. The molecule has 164 valence electrons. The molecule has 1 heterocycles. The predicted octanol–water partition coefficient (Wildman–Crippen LogP) is 2.31. The molecule has 0 saturated heterocycles. The van der Waals surface area contributed by atoms with E-state index in [1.54, 1.807) is 13.0 Å². The Balaban J connectivity index is 1.96. The monoisotopic (exact) mass is 466 g/mol. The third-order valence-electron chi connectivity index (χ3n) is 4.07. The van der Waals surface area contributed by atoms with Gasteiger partial charge in [0.2, 0.25) is 0 Å². The second kappa shape index (κ2) is 9.40. The zero-order chi connectivity index (χ0) is 22.6. The van der Waals surface area contributed by atoms with Crippen LogP contribution in [0.1, 0.15) is 6.92 Å². The number of ether oxygens (including phenoxy) is 2. The third-order valence-corrected chi connectivity index (χ3v) is 6.22. The van der Waals surface area contributed by atoms with Gasteiger partial charge in [0.05, 0.1) is 21.7 Å². The maximum atomic E-state index is 13.0. The molecule has 0 spiro atoms. The number of fused-ring (bicyclic) bond motifs is 1. The summed E-state index contributed by atoms with van der Waals surface area (Å²) in [5.74, 6) is -1.27. The molecule has 0 aliphatic rings. The molecule has 31 heavy (non-hydrogen) atoms. The van der Waals surface area contributed by atoms with Gasteiger partial charge in [0.25, 0.3) is 5.91 Å². The van der Waals surface area contributed by atoms with Gasteiger partial charge in [0, 0.05) is 6.26 Å². The summed E-state index contributed by atoms with van der Waals surface area (Å²) >= 11 is 1.06. The number of sulfone groups is 1. The average molecular weight is 467 g/mol. The molecule has 1 amide bonds. The van der Waals surface area contributed by atoms with Crippen molar-refractivity contribution in [2.24, 2.45) is 4.99 Å². The molecule has 11 heteroatoms. The summed E-state index contributed by atoms with van der Waals surface area (Å²) in [6.07, 6.45) is 1.09. The van der Waals surface area contributed by atoms with Gasteiger partial charge < -0.3 is 14.0 Å². The van der Waals surface area contributed by atoms with E-state index in [-0.39, 0.29) is 22.8 Å². The van der Waals surface area contributed by atoms with E-state index < -0.39 is 34.1 Å². The van der Waals surface area contributed by atoms with E-state index in [1.165, 1.54) is 41.0 Å². The lowest BCUT2D eigenvalue weighted by Gasteiger charge is -2.06. The lowest BCUT2D eigenvalue weighted by molar-refractivity contribution is -0.143. The van der Waals surface area contributed by atoms with Gasteiger partial charge in [-0.15, -0.1) is 0 Å². The van der Waals surface area contributed by atoms with Gasteiger partial charge in [-0.1, -0.05) is 11.3 Å². The van der Waals surface area contributed by atoms with Crippen LogP contribution in [0.25, 0.3) is 10.2 Å². The minimum absolute atomic E-state index is 0.113. The van der Waals surface area contributed by atoms with Gasteiger partial charge in [-0.05, 0) is 49.4 Å². The summed E-state index contributed by atoms with van der Waals surface area (Å²) in [4.78, 5) is 28.7. The van der Waals surface area contributed by atoms with Crippen molar-refractivity contribution in [3.8, 4) is 5.75 Å². The normalized spacial score (nSPS) is 12.2. The highest BCUT2D eigenvalue weighted by molar-refractivity contribution is 7.90. The molecule has 3 rings (SSSR count). The first-order valence-corrected chi connectivity index (χ1v) is 11.8. The second-order valence-corrected chi connectivity index (χ2v) is 9.45.